The Hall–Kier alpha value is -0.730. The minimum Gasteiger partial charge on any atom is -0.382 e. The van der Waals surface area contributed by atoms with E-state index < -0.39 is 0 Å². The van der Waals surface area contributed by atoms with E-state index in [0.717, 1.165) is 6.42 Å². The standard InChI is InChI=1S/C18H37NO6/c1-18(2,3)7-6-17(20)19-8-9-23-14-16(25-13-11-22-5)15-24-12-10-21-4/h16H,6-15H2,1-5H3,(H,19,20). The predicted molar refractivity (Wildman–Crippen MR) is 96.8 cm³/mol. The fourth-order valence-corrected chi connectivity index (χ4v) is 1.85. The van der Waals surface area contributed by atoms with Crippen LogP contribution in [0.1, 0.15) is 33.6 Å². The van der Waals surface area contributed by atoms with E-state index in [-0.39, 0.29) is 17.4 Å². The molecule has 0 aromatic heterocycles. The molecule has 0 aromatic rings. The average molecular weight is 363 g/mol. The van der Waals surface area contributed by atoms with E-state index >= 15 is 0 Å². The van der Waals surface area contributed by atoms with Crippen molar-refractivity contribution in [1.29, 1.82) is 0 Å². The van der Waals surface area contributed by atoms with E-state index in [4.69, 9.17) is 23.7 Å². The molecule has 0 aliphatic heterocycles. The van der Waals surface area contributed by atoms with Gasteiger partial charge in [-0.2, -0.15) is 0 Å². The average Bonchev–Trinajstić information content (AvgIpc) is 2.55. The molecule has 1 unspecified atom stereocenters. The van der Waals surface area contributed by atoms with Crippen molar-refractivity contribution in [1.82, 2.24) is 5.32 Å². The molecule has 25 heavy (non-hydrogen) atoms. The number of methoxy groups -OCH3 is 2. The first-order valence-electron chi connectivity index (χ1n) is 8.90. The lowest BCUT2D eigenvalue weighted by molar-refractivity contribution is -0.122. The van der Waals surface area contributed by atoms with Gasteiger partial charge in [-0.15, -0.1) is 0 Å². The summed E-state index contributed by atoms with van der Waals surface area (Å²) in [6.45, 7) is 10.3. The molecule has 1 N–H and O–H groups in total. The van der Waals surface area contributed by atoms with Crippen LogP contribution in [-0.4, -0.2) is 79.0 Å². The van der Waals surface area contributed by atoms with E-state index in [1.54, 1.807) is 14.2 Å². The Labute approximate surface area is 152 Å². The van der Waals surface area contributed by atoms with E-state index in [1.807, 2.05) is 0 Å². The fourth-order valence-electron chi connectivity index (χ4n) is 1.85. The van der Waals surface area contributed by atoms with Gasteiger partial charge in [0.25, 0.3) is 0 Å². The van der Waals surface area contributed by atoms with Crippen molar-refractivity contribution in [3.63, 3.8) is 0 Å². The van der Waals surface area contributed by atoms with Gasteiger partial charge in [0.15, 0.2) is 0 Å². The zero-order chi connectivity index (χ0) is 19.0. The molecular formula is C18H37NO6. The number of amides is 1. The molecule has 0 aromatic carbocycles. The van der Waals surface area contributed by atoms with Gasteiger partial charge in [-0.1, -0.05) is 20.8 Å². The van der Waals surface area contributed by atoms with Crippen LogP contribution in [0.5, 0.6) is 0 Å². The van der Waals surface area contributed by atoms with Gasteiger partial charge < -0.3 is 29.0 Å². The van der Waals surface area contributed by atoms with Crippen molar-refractivity contribution >= 4 is 5.91 Å². The van der Waals surface area contributed by atoms with Crippen LogP contribution in [0.25, 0.3) is 0 Å². The number of carbonyl (C=O) groups is 1. The van der Waals surface area contributed by atoms with Crippen molar-refractivity contribution in [3.05, 3.63) is 0 Å². The maximum absolute atomic E-state index is 11.7. The molecule has 0 saturated carbocycles. The largest absolute Gasteiger partial charge is 0.382 e. The lowest BCUT2D eigenvalue weighted by Crippen LogP contribution is -2.31. The lowest BCUT2D eigenvalue weighted by atomic mass is 9.90. The zero-order valence-electron chi connectivity index (χ0n) is 16.6. The highest BCUT2D eigenvalue weighted by molar-refractivity contribution is 5.75. The summed E-state index contributed by atoms with van der Waals surface area (Å²) in [5.41, 5.74) is 0.170. The molecule has 0 saturated heterocycles. The monoisotopic (exact) mass is 363 g/mol. The van der Waals surface area contributed by atoms with Crippen LogP contribution < -0.4 is 5.32 Å². The fraction of sp³-hybridized carbons (Fsp3) is 0.944. The summed E-state index contributed by atoms with van der Waals surface area (Å²) in [5, 5.41) is 2.87. The molecule has 0 aliphatic carbocycles. The smallest absolute Gasteiger partial charge is 0.220 e. The van der Waals surface area contributed by atoms with Gasteiger partial charge in [-0.05, 0) is 11.8 Å². The number of carbonyl (C=O) groups excluding carboxylic acids is 1. The Balaban J connectivity index is 3.81. The Morgan fingerprint density at radius 3 is 2.12 bits per heavy atom. The van der Waals surface area contributed by atoms with Crippen molar-refractivity contribution in [2.45, 2.75) is 39.7 Å². The highest BCUT2D eigenvalue weighted by atomic mass is 16.6. The molecule has 1 amide bonds. The van der Waals surface area contributed by atoms with E-state index in [1.165, 1.54) is 0 Å². The van der Waals surface area contributed by atoms with Crippen LogP contribution in [0.3, 0.4) is 0 Å². The van der Waals surface area contributed by atoms with Gasteiger partial charge in [-0.25, -0.2) is 0 Å². The highest BCUT2D eigenvalue weighted by Crippen LogP contribution is 2.20. The predicted octanol–water partition coefficient (Wildman–Crippen LogP) is 1.64. The maximum Gasteiger partial charge on any atom is 0.220 e. The molecule has 7 heteroatoms. The molecule has 150 valence electrons. The summed E-state index contributed by atoms with van der Waals surface area (Å²) < 4.78 is 26.7. The molecule has 0 heterocycles. The van der Waals surface area contributed by atoms with Gasteiger partial charge >= 0.3 is 0 Å². The van der Waals surface area contributed by atoms with Crippen LogP contribution >= 0.6 is 0 Å². The topological polar surface area (TPSA) is 75.2 Å². The minimum atomic E-state index is -0.163. The second kappa shape index (κ2) is 15.5. The first-order chi connectivity index (χ1) is 11.9. The second-order valence-electron chi connectivity index (χ2n) is 7.04. The number of nitrogens with one attached hydrogen (secondary N) is 1. The van der Waals surface area contributed by atoms with E-state index in [9.17, 15) is 4.79 Å². The molecule has 0 fully saturated rings. The summed E-state index contributed by atoms with van der Waals surface area (Å²) >= 11 is 0. The summed E-state index contributed by atoms with van der Waals surface area (Å²) in [6.07, 6.45) is 1.25. The third kappa shape index (κ3) is 17.9. The third-order valence-electron chi connectivity index (χ3n) is 3.35. The maximum atomic E-state index is 11.7. The zero-order valence-corrected chi connectivity index (χ0v) is 16.6. The van der Waals surface area contributed by atoms with E-state index in [0.29, 0.717) is 59.2 Å². The quantitative estimate of drug-likeness (QED) is 0.420. The number of ether oxygens (including phenoxy) is 5. The van der Waals surface area contributed by atoms with Crippen molar-refractivity contribution in [2.24, 2.45) is 5.41 Å². The SMILES string of the molecule is COCCOCC(COCCNC(=O)CCC(C)(C)C)OCCOC. The van der Waals surface area contributed by atoms with Crippen LogP contribution in [0.4, 0.5) is 0 Å². The lowest BCUT2D eigenvalue weighted by Gasteiger charge is -2.19. The van der Waals surface area contributed by atoms with Gasteiger partial charge in [0, 0.05) is 27.2 Å². The van der Waals surface area contributed by atoms with Crippen molar-refractivity contribution < 1.29 is 28.5 Å². The summed E-state index contributed by atoms with van der Waals surface area (Å²) in [5.74, 6) is 0.0642. The Morgan fingerprint density at radius 2 is 1.52 bits per heavy atom. The first-order valence-corrected chi connectivity index (χ1v) is 8.90. The molecule has 7 nitrogen and oxygen atoms in total. The van der Waals surface area contributed by atoms with Gasteiger partial charge in [0.1, 0.15) is 6.10 Å². The van der Waals surface area contributed by atoms with Crippen LogP contribution in [-0.2, 0) is 28.5 Å². The molecule has 0 spiro atoms. The van der Waals surface area contributed by atoms with Gasteiger partial charge in [0.05, 0.1) is 46.2 Å². The summed E-state index contributed by atoms with van der Waals surface area (Å²) in [7, 11) is 3.27. The second-order valence-corrected chi connectivity index (χ2v) is 7.04. The summed E-state index contributed by atoms with van der Waals surface area (Å²) in [6, 6.07) is 0. The van der Waals surface area contributed by atoms with Crippen LogP contribution in [0.2, 0.25) is 0 Å². The Kier molecular flexibility index (Phi) is 15.1. The van der Waals surface area contributed by atoms with Crippen LogP contribution in [0, 0.1) is 5.41 Å². The minimum absolute atomic E-state index is 0.0642. The third-order valence-corrected chi connectivity index (χ3v) is 3.35. The van der Waals surface area contributed by atoms with E-state index in [2.05, 4.69) is 26.1 Å². The Bertz CT molecular complexity index is 319. The normalized spacial score (nSPS) is 13.0. The highest BCUT2D eigenvalue weighted by Gasteiger charge is 2.13. The molecule has 0 bridgehead atoms. The number of rotatable bonds is 16. The molecule has 0 aliphatic rings. The van der Waals surface area contributed by atoms with Crippen LogP contribution in [0.15, 0.2) is 0 Å². The Morgan fingerprint density at radius 1 is 0.920 bits per heavy atom. The first kappa shape index (κ1) is 24.3. The molecule has 0 rings (SSSR count). The summed E-state index contributed by atoms with van der Waals surface area (Å²) in [4.78, 5) is 11.7. The van der Waals surface area contributed by atoms with Gasteiger partial charge in [0.2, 0.25) is 5.91 Å². The molecule has 1 atom stereocenters. The molecule has 0 radical (unpaired) electrons. The van der Waals surface area contributed by atoms with Crippen molar-refractivity contribution in [2.75, 3.05) is 67.0 Å². The number of hydrogen-bond donors (Lipinski definition) is 1. The van der Waals surface area contributed by atoms with Crippen molar-refractivity contribution in [3.8, 4) is 0 Å². The number of hydrogen-bond acceptors (Lipinski definition) is 6. The van der Waals surface area contributed by atoms with Gasteiger partial charge in [-0.3, -0.25) is 4.79 Å². The molecular weight excluding hydrogens is 326 g/mol.